The zero-order valence-electron chi connectivity index (χ0n) is 14.1. The summed E-state index contributed by atoms with van der Waals surface area (Å²) in [4.78, 5) is 25.0. The summed E-state index contributed by atoms with van der Waals surface area (Å²) in [5.41, 5.74) is 0.889. The van der Waals surface area contributed by atoms with Crippen LogP contribution in [0.1, 0.15) is 25.5 Å². The van der Waals surface area contributed by atoms with Crippen LogP contribution < -0.4 is 5.32 Å². The van der Waals surface area contributed by atoms with E-state index in [0.29, 0.717) is 5.02 Å². The van der Waals surface area contributed by atoms with Crippen molar-refractivity contribution in [1.29, 1.82) is 0 Å². The normalized spacial score (nSPS) is 12.9. The lowest BCUT2D eigenvalue weighted by Crippen LogP contribution is -2.32. The monoisotopic (exact) mass is 377 g/mol. The Morgan fingerprint density at radius 1 is 1.12 bits per heavy atom. The number of amides is 1. The lowest BCUT2D eigenvalue weighted by atomic mass is 10.1. The summed E-state index contributed by atoms with van der Waals surface area (Å²) < 4.78 is 5.10. The number of esters is 1. The molecule has 132 valence electrons. The van der Waals surface area contributed by atoms with E-state index in [4.69, 9.17) is 16.3 Å². The Hall–Kier alpha value is -1.98. The Kier molecular flexibility index (Phi) is 7.34. The van der Waals surface area contributed by atoms with Crippen molar-refractivity contribution >= 4 is 35.2 Å². The fourth-order valence-electron chi connectivity index (χ4n) is 2.15. The van der Waals surface area contributed by atoms with Gasteiger partial charge in [0.15, 0.2) is 6.61 Å². The number of ether oxygens (including phenoxy) is 1. The average molecular weight is 378 g/mol. The Morgan fingerprint density at radius 2 is 1.84 bits per heavy atom. The third-order valence-electron chi connectivity index (χ3n) is 3.46. The van der Waals surface area contributed by atoms with Crippen LogP contribution in [0.5, 0.6) is 0 Å². The van der Waals surface area contributed by atoms with E-state index in [1.165, 1.54) is 11.8 Å². The van der Waals surface area contributed by atoms with Gasteiger partial charge in [-0.3, -0.25) is 9.59 Å². The number of rotatable bonds is 7. The second kappa shape index (κ2) is 9.49. The van der Waals surface area contributed by atoms with Gasteiger partial charge in [-0.25, -0.2) is 0 Å². The molecule has 0 unspecified atom stereocenters. The van der Waals surface area contributed by atoms with E-state index in [9.17, 15) is 9.59 Å². The van der Waals surface area contributed by atoms with E-state index in [1.54, 1.807) is 19.1 Å². The maximum absolute atomic E-state index is 12.0. The quantitative estimate of drug-likeness (QED) is 0.579. The number of halogens is 1. The van der Waals surface area contributed by atoms with Gasteiger partial charge in [0, 0.05) is 9.92 Å². The Balaban J connectivity index is 1.78. The van der Waals surface area contributed by atoms with Crippen molar-refractivity contribution in [3.8, 4) is 0 Å². The van der Waals surface area contributed by atoms with E-state index < -0.39 is 5.97 Å². The van der Waals surface area contributed by atoms with Gasteiger partial charge in [0.25, 0.3) is 5.91 Å². The molecular weight excluding hydrogens is 358 g/mol. The van der Waals surface area contributed by atoms with E-state index in [0.717, 1.165) is 10.5 Å². The molecule has 0 aliphatic carbocycles. The van der Waals surface area contributed by atoms with Crippen LogP contribution in [-0.2, 0) is 14.3 Å². The fourth-order valence-corrected chi connectivity index (χ4v) is 3.23. The first kappa shape index (κ1) is 19.3. The number of benzene rings is 2. The molecule has 2 aromatic carbocycles. The fraction of sp³-hybridized carbons (Fsp3) is 0.263. The van der Waals surface area contributed by atoms with Gasteiger partial charge in [-0.05, 0) is 43.7 Å². The number of carbonyl (C=O) groups excluding carboxylic acids is 2. The highest BCUT2D eigenvalue weighted by molar-refractivity contribution is 8.00. The first-order valence-corrected chi connectivity index (χ1v) is 9.14. The standard InChI is InChI=1S/C19H20ClNO3S/c1-13(15-7-6-8-16(20)11-15)21-18(22)12-24-19(23)14(2)25-17-9-4-3-5-10-17/h3-11,13-14H,12H2,1-2H3,(H,21,22)/t13-,14+/m1/s1. The summed E-state index contributed by atoms with van der Waals surface area (Å²) in [5.74, 6) is -0.767. The summed E-state index contributed by atoms with van der Waals surface area (Å²) in [6.45, 7) is 3.30. The highest BCUT2D eigenvalue weighted by atomic mass is 35.5. The van der Waals surface area contributed by atoms with Crippen molar-refractivity contribution in [2.24, 2.45) is 0 Å². The summed E-state index contributed by atoms with van der Waals surface area (Å²) in [6, 6.07) is 16.6. The SMILES string of the molecule is C[C@H](Sc1ccccc1)C(=O)OCC(=O)N[C@H](C)c1cccc(Cl)c1. The summed E-state index contributed by atoms with van der Waals surface area (Å²) >= 11 is 7.34. The second-order valence-electron chi connectivity index (χ2n) is 5.53. The third kappa shape index (κ3) is 6.44. The first-order valence-electron chi connectivity index (χ1n) is 7.89. The number of nitrogens with one attached hydrogen (secondary N) is 1. The van der Waals surface area contributed by atoms with Crippen LogP contribution in [0.3, 0.4) is 0 Å². The zero-order valence-corrected chi connectivity index (χ0v) is 15.6. The van der Waals surface area contributed by atoms with Gasteiger partial charge in [0.1, 0.15) is 5.25 Å². The molecule has 0 aromatic heterocycles. The molecule has 0 saturated heterocycles. The maximum atomic E-state index is 12.0. The largest absolute Gasteiger partial charge is 0.455 e. The van der Waals surface area contributed by atoms with Crippen LogP contribution in [0, 0.1) is 0 Å². The second-order valence-corrected chi connectivity index (χ2v) is 7.38. The van der Waals surface area contributed by atoms with Gasteiger partial charge in [0.05, 0.1) is 6.04 Å². The molecule has 4 nitrogen and oxygen atoms in total. The minimum Gasteiger partial charge on any atom is -0.455 e. The summed E-state index contributed by atoms with van der Waals surface area (Å²) in [5, 5.41) is 3.01. The Bertz CT molecular complexity index is 724. The number of hydrogen-bond acceptors (Lipinski definition) is 4. The summed E-state index contributed by atoms with van der Waals surface area (Å²) in [7, 11) is 0. The zero-order chi connectivity index (χ0) is 18.2. The Morgan fingerprint density at radius 3 is 2.52 bits per heavy atom. The molecule has 1 N–H and O–H groups in total. The van der Waals surface area contributed by atoms with Gasteiger partial charge in [-0.1, -0.05) is 41.9 Å². The molecule has 2 aromatic rings. The molecule has 0 radical (unpaired) electrons. The molecule has 0 aliphatic heterocycles. The number of carbonyl (C=O) groups is 2. The van der Waals surface area contributed by atoms with Gasteiger partial charge in [-0.2, -0.15) is 0 Å². The number of thioether (sulfide) groups is 1. The van der Waals surface area contributed by atoms with Crippen LogP contribution in [0.4, 0.5) is 0 Å². The van der Waals surface area contributed by atoms with Crippen LogP contribution in [0.25, 0.3) is 0 Å². The lowest BCUT2D eigenvalue weighted by molar-refractivity contribution is -0.147. The molecule has 0 bridgehead atoms. The molecule has 6 heteroatoms. The van der Waals surface area contributed by atoms with Gasteiger partial charge < -0.3 is 10.1 Å². The molecule has 2 rings (SSSR count). The van der Waals surface area contributed by atoms with E-state index in [-0.39, 0.29) is 23.8 Å². The smallest absolute Gasteiger partial charge is 0.319 e. The van der Waals surface area contributed by atoms with Gasteiger partial charge in [0.2, 0.25) is 0 Å². The first-order chi connectivity index (χ1) is 12.0. The molecule has 1 amide bonds. The van der Waals surface area contributed by atoms with Gasteiger partial charge in [-0.15, -0.1) is 11.8 Å². The van der Waals surface area contributed by atoms with Crippen molar-refractivity contribution < 1.29 is 14.3 Å². The molecular formula is C19H20ClNO3S. The molecule has 0 saturated carbocycles. The molecule has 2 atom stereocenters. The maximum Gasteiger partial charge on any atom is 0.319 e. The van der Waals surface area contributed by atoms with Crippen molar-refractivity contribution in [2.45, 2.75) is 30.0 Å². The minimum absolute atomic E-state index is 0.221. The van der Waals surface area contributed by atoms with E-state index >= 15 is 0 Å². The highest BCUT2D eigenvalue weighted by Gasteiger charge is 2.18. The molecule has 0 spiro atoms. The third-order valence-corrected chi connectivity index (χ3v) is 4.79. The van der Waals surface area contributed by atoms with Crippen molar-refractivity contribution in [3.63, 3.8) is 0 Å². The number of hydrogen-bond donors (Lipinski definition) is 1. The Labute approximate surface area is 156 Å². The van der Waals surface area contributed by atoms with Crippen molar-refractivity contribution in [3.05, 3.63) is 65.2 Å². The van der Waals surface area contributed by atoms with Gasteiger partial charge >= 0.3 is 5.97 Å². The van der Waals surface area contributed by atoms with Crippen LogP contribution in [-0.4, -0.2) is 23.7 Å². The predicted octanol–water partition coefficient (Wildman–Crippen LogP) is 4.24. The summed E-state index contributed by atoms with van der Waals surface area (Å²) in [6.07, 6.45) is 0. The molecule has 0 aliphatic rings. The van der Waals surface area contributed by atoms with Crippen LogP contribution >= 0.6 is 23.4 Å². The average Bonchev–Trinajstić information content (AvgIpc) is 2.60. The topological polar surface area (TPSA) is 55.4 Å². The van der Waals surface area contributed by atoms with Crippen molar-refractivity contribution in [1.82, 2.24) is 5.32 Å². The van der Waals surface area contributed by atoms with Crippen molar-refractivity contribution in [2.75, 3.05) is 6.61 Å². The van der Waals surface area contributed by atoms with Crippen LogP contribution in [0.2, 0.25) is 5.02 Å². The molecule has 0 heterocycles. The molecule has 25 heavy (non-hydrogen) atoms. The van der Waals surface area contributed by atoms with E-state index in [1.807, 2.05) is 49.4 Å². The van der Waals surface area contributed by atoms with E-state index in [2.05, 4.69) is 5.32 Å². The predicted molar refractivity (Wildman–Crippen MR) is 101 cm³/mol. The molecule has 0 fully saturated rings. The minimum atomic E-state index is -0.417. The highest BCUT2D eigenvalue weighted by Crippen LogP contribution is 2.23. The lowest BCUT2D eigenvalue weighted by Gasteiger charge is -2.15. The van der Waals surface area contributed by atoms with Crippen LogP contribution in [0.15, 0.2) is 59.5 Å².